The minimum Gasteiger partial charge on any atom is -0.494 e. The average molecular weight is 278 g/mol. The number of methoxy groups -OCH3 is 1. The summed E-state index contributed by atoms with van der Waals surface area (Å²) in [7, 11) is 1.43. The van der Waals surface area contributed by atoms with Crippen LogP contribution in [0.1, 0.15) is 37.3 Å². The van der Waals surface area contributed by atoms with Crippen LogP contribution in [0.5, 0.6) is 5.75 Å². The number of nitrogens with two attached hydrogens (primary N) is 1. The third kappa shape index (κ3) is 2.96. The van der Waals surface area contributed by atoms with Crippen LogP contribution in [0.25, 0.3) is 0 Å². The van der Waals surface area contributed by atoms with Crippen LogP contribution in [0.2, 0.25) is 0 Å². The molecule has 20 heavy (non-hydrogen) atoms. The van der Waals surface area contributed by atoms with Crippen molar-refractivity contribution in [2.24, 2.45) is 5.73 Å². The molecule has 5 nitrogen and oxygen atoms in total. The van der Waals surface area contributed by atoms with E-state index >= 15 is 0 Å². The summed E-state index contributed by atoms with van der Waals surface area (Å²) in [6.45, 7) is 4.05. The molecule has 2 aromatic rings. The number of ether oxygens (including phenoxy) is 1. The van der Waals surface area contributed by atoms with Crippen molar-refractivity contribution in [1.29, 1.82) is 0 Å². The van der Waals surface area contributed by atoms with E-state index in [1.165, 1.54) is 19.5 Å². The second kappa shape index (κ2) is 6.00. The molecule has 2 N–H and O–H groups in total. The fraction of sp³-hybridized carbons (Fsp3) is 0.429. The van der Waals surface area contributed by atoms with E-state index < -0.39 is 5.82 Å². The molecule has 1 heterocycles. The van der Waals surface area contributed by atoms with Crippen LogP contribution in [-0.2, 0) is 6.42 Å². The molecule has 0 bridgehead atoms. The van der Waals surface area contributed by atoms with Crippen LogP contribution in [0.15, 0.2) is 24.5 Å². The summed E-state index contributed by atoms with van der Waals surface area (Å²) < 4.78 is 20.4. The summed E-state index contributed by atoms with van der Waals surface area (Å²) in [5, 5.41) is 4.16. The fourth-order valence-corrected chi connectivity index (χ4v) is 2.08. The van der Waals surface area contributed by atoms with Crippen LogP contribution >= 0.6 is 0 Å². The summed E-state index contributed by atoms with van der Waals surface area (Å²) in [5.74, 6) is 0.598. The number of benzene rings is 1. The molecule has 0 saturated heterocycles. The monoisotopic (exact) mass is 278 g/mol. The first-order valence-electron chi connectivity index (χ1n) is 6.50. The molecule has 0 aliphatic carbocycles. The molecule has 6 heteroatoms. The molecule has 0 amide bonds. The Labute approximate surface area is 117 Å². The molecule has 0 spiro atoms. The average Bonchev–Trinajstić information content (AvgIpc) is 2.86. The Bertz CT molecular complexity index is 582. The summed E-state index contributed by atoms with van der Waals surface area (Å²) in [6.07, 6.45) is 2.01. The van der Waals surface area contributed by atoms with Crippen molar-refractivity contribution in [2.45, 2.75) is 32.4 Å². The lowest BCUT2D eigenvalue weighted by atomic mass is 10.0. The fourth-order valence-electron chi connectivity index (χ4n) is 2.08. The highest BCUT2D eigenvalue weighted by atomic mass is 19.1. The standard InChI is InChI=1S/C14H19FN4O/c1-9(2)19-14(17-8-18-19)7-12(16)10-4-5-13(20-3)11(15)6-10/h4-6,8-9,12H,7,16H2,1-3H3. The molecule has 1 aromatic carbocycles. The second-order valence-corrected chi connectivity index (χ2v) is 4.92. The van der Waals surface area contributed by atoms with Crippen LogP contribution in [0.3, 0.4) is 0 Å². The van der Waals surface area contributed by atoms with E-state index in [4.69, 9.17) is 10.5 Å². The van der Waals surface area contributed by atoms with Crippen molar-refractivity contribution >= 4 is 0 Å². The van der Waals surface area contributed by atoms with Gasteiger partial charge in [-0.15, -0.1) is 0 Å². The number of hydrogen-bond donors (Lipinski definition) is 1. The maximum atomic E-state index is 13.7. The lowest BCUT2D eigenvalue weighted by Gasteiger charge is -2.15. The molecular formula is C14H19FN4O. The number of aromatic nitrogens is 3. The lowest BCUT2D eigenvalue weighted by molar-refractivity contribution is 0.385. The van der Waals surface area contributed by atoms with E-state index in [1.54, 1.807) is 12.1 Å². The van der Waals surface area contributed by atoms with Gasteiger partial charge < -0.3 is 10.5 Å². The van der Waals surface area contributed by atoms with E-state index in [1.807, 2.05) is 18.5 Å². The van der Waals surface area contributed by atoms with Gasteiger partial charge in [-0.3, -0.25) is 0 Å². The van der Waals surface area contributed by atoms with E-state index in [0.29, 0.717) is 12.0 Å². The Morgan fingerprint density at radius 2 is 2.15 bits per heavy atom. The molecule has 0 aliphatic rings. The minimum absolute atomic E-state index is 0.214. The molecule has 108 valence electrons. The molecule has 1 aromatic heterocycles. The van der Waals surface area contributed by atoms with Crippen LogP contribution in [0, 0.1) is 5.82 Å². The zero-order chi connectivity index (χ0) is 14.7. The lowest BCUT2D eigenvalue weighted by Crippen LogP contribution is -2.18. The van der Waals surface area contributed by atoms with Gasteiger partial charge in [0.05, 0.1) is 7.11 Å². The third-order valence-electron chi connectivity index (χ3n) is 3.14. The summed E-state index contributed by atoms with van der Waals surface area (Å²) >= 11 is 0. The highest BCUT2D eigenvalue weighted by Crippen LogP contribution is 2.22. The van der Waals surface area contributed by atoms with Gasteiger partial charge in [0.2, 0.25) is 0 Å². The quantitative estimate of drug-likeness (QED) is 0.911. The van der Waals surface area contributed by atoms with Crippen molar-refractivity contribution < 1.29 is 9.13 Å². The van der Waals surface area contributed by atoms with Gasteiger partial charge in [0.1, 0.15) is 12.2 Å². The van der Waals surface area contributed by atoms with Gasteiger partial charge in [-0.05, 0) is 31.5 Å². The highest BCUT2D eigenvalue weighted by molar-refractivity contribution is 5.31. The van der Waals surface area contributed by atoms with Crippen LogP contribution < -0.4 is 10.5 Å². The second-order valence-electron chi connectivity index (χ2n) is 4.92. The van der Waals surface area contributed by atoms with Gasteiger partial charge in [0, 0.05) is 18.5 Å². The Morgan fingerprint density at radius 3 is 2.75 bits per heavy atom. The highest BCUT2D eigenvalue weighted by Gasteiger charge is 2.15. The van der Waals surface area contributed by atoms with Gasteiger partial charge in [-0.25, -0.2) is 14.1 Å². The first-order valence-corrected chi connectivity index (χ1v) is 6.50. The summed E-state index contributed by atoms with van der Waals surface area (Å²) in [6, 6.07) is 4.63. The smallest absolute Gasteiger partial charge is 0.165 e. The van der Waals surface area contributed by atoms with E-state index in [9.17, 15) is 4.39 Å². The first kappa shape index (κ1) is 14.5. The molecule has 1 unspecified atom stereocenters. The molecule has 1 atom stereocenters. The Morgan fingerprint density at radius 1 is 1.40 bits per heavy atom. The van der Waals surface area contributed by atoms with Gasteiger partial charge in [-0.1, -0.05) is 6.07 Å². The maximum absolute atomic E-state index is 13.7. The molecule has 0 radical (unpaired) electrons. The van der Waals surface area contributed by atoms with Gasteiger partial charge in [0.25, 0.3) is 0 Å². The zero-order valence-corrected chi connectivity index (χ0v) is 11.9. The number of rotatable bonds is 5. The van der Waals surface area contributed by atoms with Crippen molar-refractivity contribution in [3.8, 4) is 5.75 Å². The summed E-state index contributed by atoms with van der Waals surface area (Å²) in [4.78, 5) is 4.21. The normalized spacial score (nSPS) is 12.7. The molecule has 0 fully saturated rings. The third-order valence-corrected chi connectivity index (χ3v) is 3.14. The minimum atomic E-state index is -0.411. The first-order chi connectivity index (χ1) is 9.52. The Kier molecular flexibility index (Phi) is 4.34. The molecule has 2 rings (SSSR count). The van der Waals surface area contributed by atoms with Crippen LogP contribution in [0.4, 0.5) is 4.39 Å². The topological polar surface area (TPSA) is 66.0 Å². The van der Waals surface area contributed by atoms with E-state index in [2.05, 4.69) is 10.1 Å². The van der Waals surface area contributed by atoms with Crippen LogP contribution in [-0.4, -0.2) is 21.9 Å². The zero-order valence-electron chi connectivity index (χ0n) is 11.9. The largest absolute Gasteiger partial charge is 0.494 e. The van der Waals surface area contributed by atoms with E-state index in [-0.39, 0.29) is 17.8 Å². The molecule has 0 aliphatic heterocycles. The van der Waals surface area contributed by atoms with Gasteiger partial charge in [-0.2, -0.15) is 5.10 Å². The van der Waals surface area contributed by atoms with Crippen molar-refractivity contribution in [1.82, 2.24) is 14.8 Å². The maximum Gasteiger partial charge on any atom is 0.165 e. The SMILES string of the molecule is COc1ccc(C(N)Cc2ncnn2C(C)C)cc1F. The summed E-state index contributed by atoms with van der Waals surface area (Å²) in [5.41, 5.74) is 6.84. The Balaban J connectivity index is 2.17. The van der Waals surface area contributed by atoms with Crippen molar-refractivity contribution in [2.75, 3.05) is 7.11 Å². The van der Waals surface area contributed by atoms with Gasteiger partial charge >= 0.3 is 0 Å². The number of nitrogens with zero attached hydrogens (tertiary/aromatic N) is 3. The number of halogens is 1. The van der Waals surface area contributed by atoms with Gasteiger partial charge in [0.15, 0.2) is 11.6 Å². The predicted molar refractivity (Wildman–Crippen MR) is 74.0 cm³/mol. The number of hydrogen-bond acceptors (Lipinski definition) is 4. The predicted octanol–water partition coefficient (Wildman–Crippen LogP) is 2.25. The van der Waals surface area contributed by atoms with E-state index in [0.717, 1.165) is 5.82 Å². The van der Waals surface area contributed by atoms with Crippen molar-refractivity contribution in [3.05, 3.63) is 41.7 Å². The molecule has 0 saturated carbocycles. The molecular weight excluding hydrogens is 259 g/mol. The van der Waals surface area contributed by atoms with Crippen molar-refractivity contribution in [3.63, 3.8) is 0 Å². The Hall–Kier alpha value is -1.95.